The third kappa shape index (κ3) is 5.38. The highest BCUT2D eigenvalue weighted by atomic mass is 79.9. The van der Waals surface area contributed by atoms with Crippen molar-refractivity contribution in [2.75, 3.05) is 14.2 Å². The molecule has 0 saturated carbocycles. The highest BCUT2D eigenvalue weighted by Gasteiger charge is 2.23. The average Bonchev–Trinajstić information content (AvgIpc) is 2.74. The quantitative estimate of drug-likeness (QED) is 0.511. The third-order valence-corrected chi connectivity index (χ3v) is 5.06. The van der Waals surface area contributed by atoms with Gasteiger partial charge in [0.15, 0.2) is 22.3 Å². The Morgan fingerprint density at radius 1 is 1.17 bits per heavy atom. The molecule has 0 radical (unpaired) electrons. The molecular weight excluding hydrogens is 460 g/mol. The van der Waals surface area contributed by atoms with Crippen molar-refractivity contribution in [3.05, 3.63) is 76.2 Å². The Morgan fingerprint density at radius 3 is 2.37 bits per heavy atom. The van der Waals surface area contributed by atoms with Crippen molar-refractivity contribution in [3.63, 3.8) is 0 Å². The number of carbonyl (C=O) groups excluding carboxylic acids is 1. The fraction of sp³-hybridized carbons (Fsp3) is 0.227. The molecule has 0 saturated heterocycles. The summed E-state index contributed by atoms with van der Waals surface area (Å²) >= 11 is 3.37. The number of amides is 1. The predicted molar refractivity (Wildman–Crippen MR) is 115 cm³/mol. The Bertz CT molecular complexity index is 974. The number of allylic oxidation sites excluding steroid dienone is 1. The number of benzene rings is 2. The van der Waals surface area contributed by atoms with E-state index in [2.05, 4.69) is 27.8 Å². The number of halogens is 3. The second kappa shape index (κ2) is 10.2. The van der Waals surface area contributed by atoms with Gasteiger partial charge in [0, 0.05) is 12.6 Å². The smallest absolute Gasteiger partial charge is 0.257 e. The fourth-order valence-corrected chi connectivity index (χ4v) is 2.88. The van der Waals surface area contributed by atoms with E-state index in [0.717, 1.165) is 29.0 Å². The first-order valence-corrected chi connectivity index (χ1v) is 9.73. The minimum atomic E-state index is -1.10. The van der Waals surface area contributed by atoms with Gasteiger partial charge in [0.2, 0.25) is 0 Å². The molecule has 2 aromatic carbocycles. The molecule has 0 aliphatic heterocycles. The zero-order valence-corrected chi connectivity index (χ0v) is 18.6. The normalized spacial score (nSPS) is 12.5. The fourth-order valence-electron chi connectivity index (χ4n) is 2.44. The number of carbonyl (C=O) groups is 1. The van der Waals surface area contributed by atoms with Crippen LogP contribution in [-0.2, 0) is 4.74 Å². The maximum absolute atomic E-state index is 14.5. The summed E-state index contributed by atoms with van der Waals surface area (Å²) in [7, 11) is 2.87. The van der Waals surface area contributed by atoms with Crippen molar-refractivity contribution in [2.24, 2.45) is 0 Å². The molecule has 0 aromatic heterocycles. The van der Waals surface area contributed by atoms with E-state index in [9.17, 15) is 13.6 Å². The van der Waals surface area contributed by atoms with Gasteiger partial charge in [-0.05, 0) is 59.6 Å². The highest BCUT2D eigenvalue weighted by Crippen LogP contribution is 2.29. The van der Waals surface area contributed by atoms with E-state index < -0.39 is 29.2 Å². The molecule has 0 bridgehead atoms. The average molecular weight is 482 g/mol. The first-order chi connectivity index (χ1) is 14.2. The molecule has 1 amide bonds. The Balaban J connectivity index is 2.15. The predicted octanol–water partition coefficient (Wildman–Crippen LogP) is 5.41. The minimum Gasteiger partial charge on any atom is -0.497 e. The van der Waals surface area contributed by atoms with Crippen LogP contribution in [0.4, 0.5) is 8.78 Å². The van der Waals surface area contributed by atoms with Gasteiger partial charge in [0.05, 0.1) is 7.11 Å². The maximum atomic E-state index is 14.5. The molecule has 0 fully saturated rings. The van der Waals surface area contributed by atoms with Crippen molar-refractivity contribution in [3.8, 4) is 11.5 Å². The largest absolute Gasteiger partial charge is 0.497 e. The van der Waals surface area contributed by atoms with E-state index >= 15 is 0 Å². The number of ether oxygens (including phenoxy) is 3. The van der Waals surface area contributed by atoms with Crippen LogP contribution in [0, 0.1) is 11.6 Å². The van der Waals surface area contributed by atoms with E-state index in [1.807, 2.05) is 31.2 Å². The summed E-state index contributed by atoms with van der Waals surface area (Å²) in [4.78, 5) is 11.7. The molecule has 1 unspecified atom stereocenters. The van der Waals surface area contributed by atoms with Crippen LogP contribution in [0.1, 0.15) is 29.8 Å². The molecule has 8 heteroatoms. The molecule has 5 nitrogen and oxygen atoms in total. The van der Waals surface area contributed by atoms with Gasteiger partial charge in [0.1, 0.15) is 22.9 Å². The van der Waals surface area contributed by atoms with Crippen molar-refractivity contribution >= 4 is 27.4 Å². The summed E-state index contributed by atoms with van der Waals surface area (Å²) in [6.07, 6.45) is -0.793. The standard InChI is InChI=1S/C22H22BrF2NO4/c1-12(15-6-8-16(28-5)9-7-15)21(23)30-14(3)13(2)29-18-11-10-17(24)19(20(18)25)22(27)26-4/h6-11,13H,3H2,1-2,4-5H3,(H,26,27)/b21-12+. The molecule has 1 atom stereocenters. The summed E-state index contributed by atoms with van der Waals surface area (Å²) in [6.45, 7) is 7.25. The highest BCUT2D eigenvalue weighted by molar-refractivity contribution is 9.11. The lowest BCUT2D eigenvalue weighted by Crippen LogP contribution is -2.22. The molecule has 0 spiro atoms. The van der Waals surface area contributed by atoms with Gasteiger partial charge in [-0.2, -0.15) is 0 Å². The molecule has 30 heavy (non-hydrogen) atoms. The van der Waals surface area contributed by atoms with E-state index in [1.165, 1.54) is 7.05 Å². The van der Waals surface area contributed by atoms with Crippen LogP contribution < -0.4 is 14.8 Å². The molecule has 0 heterocycles. The second-order valence-electron chi connectivity index (χ2n) is 6.27. The van der Waals surface area contributed by atoms with Gasteiger partial charge in [-0.1, -0.05) is 18.7 Å². The Kier molecular flexibility index (Phi) is 8.00. The first kappa shape index (κ1) is 23.4. The number of rotatable bonds is 8. The SMILES string of the molecule is C=C(O/C(Br)=C(\C)c1ccc(OC)cc1)C(C)Oc1ccc(F)c(C(=O)NC)c1F. The van der Waals surface area contributed by atoms with E-state index in [-0.39, 0.29) is 11.5 Å². The zero-order chi connectivity index (χ0) is 22.4. The van der Waals surface area contributed by atoms with E-state index in [4.69, 9.17) is 14.2 Å². The lowest BCUT2D eigenvalue weighted by atomic mass is 10.1. The van der Waals surface area contributed by atoms with Crippen LogP contribution in [0.3, 0.4) is 0 Å². The van der Waals surface area contributed by atoms with Gasteiger partial charge >= 0.3 is 0 Å². The Hall–Kier alpha value is -2.87. The van der Waals surface area contributed by atoms with Crippen LogP contribution in [0.5, 0.6) is 11.5 Å². The van der Waals surface area contributed by atoms with Gasteiger partial charge < -0.3 is 19.5 Å². The molecule has 2 rings (SSSR count). The molecule has 0 aliphatic carbocycles. The summed E-state index contributed by atoms with van der Waals surface area (Å²) in [5, 5.41) is 2.19. The monoisotopic (exact) mass is 481 g/mol. The lowest BCUT2D eigenvalue weighted by molar-refractivity contribution is 0.0952. The number of hydrogen-bond donors (Lipinski definition) is 1. The second-order valence-corrected chi connectivity index (χ2v) is 6.99. The van der Waals surface area contributed by atoms with E-state index in [0.29, 0.717) is 4.67 Å². The van der Waals surface area contributed by atoms with Crippen LogP contribution in [-0.4, -0.2) is 26.2 Å². The number of methoxy groups -OCH3 is 1. The van der Waals surface area contributed by atoms with Gasteiger partial charge in [-0.3, -0.25) is 4.79 Å². The van der Waals surface area contributed by atoms with Crippen LogP contribution in [0.2, 0.25) is 0 Å². The first-order valence-electron chi connectivity index (χ1n) is 8.93. The van der Waals surface area contributed by atoms with E-state index in [1.54, 1.807) is 14.0 Å². The van der Waals surface area contributed by atoms with Crippen molar-refractivity contribution in [2.45, 2.75) is 20.0 Å². The van der Waals surface area contributed by atoms with Crippen LogP contribution >= 0.6 is 15.9 Å². The maximum Gasteiger partial charge on any atom is 0.257 e. The molecule has 2 aromatic rings. The summed E-state index contributed by atoms with van der Waals surface area (Å²) in [6, 6.07) is 9.45. The van der Waals surface area contributed by atoms with Crippen molar-refractivity contribution in [1.29, 1.82) is 0 Å². The topological polar surface area (TPSA) is 56.8 Å². The van der Waals surface area contributed by atoms with Crippen molar-refractivity contribution in [1.82, 2.24) is 5.32 Å². The minimum absolute atomic E-state index is 0.181. The third-order valence-electron chi connectivity index (χ3n) is 4.31. The number of hydrogen-bond acceptors (Lipinski definition) is 4. The Morgan fingerprint density at radius 2 is 1.80 bits per heavy atom. The van der Waals surface area contributed by atoms with Crippen LogP contribution in [0.25, 0.3) is 5.57 Å². The van der Waals surface area contributed by atoms with Crippen LogP contribution in [0.15, 0.2) is 53.4 Å². The lowest BCUT2D eigenvalue weighted by Gasteiger charge is -2.19. The molecular formula is C22H22BrF2NO4. The molecule has 0 aliphatic rings. The number of nitrogens with one attached hydrogen (secondary N) is 1. The van der Waals surface area contributed by atoms with Gasteiger partial charge in [0.25, 0.3) is 5.91 Å². The summed E-state index contributed by atoms with van der Waals surface area (Å²) in [5.74, 6) is -2.36. The summed E-state index contributed by atoms with van der Waals surface area (Å²) < 4.78 is 45.1. The zero-order valence-electron chi connectivity index (χ0n) is 17.0. The summed E-state index contributed by atoms with van der Waals surface area (Å²) in [5.41, 5.74) is 0.967. The molecule has 160 valence electrons. The van der Waals surface area contributed by atoms with Crippen molar-refractivity contribution < 1.29 is 27.8 Å². The Labute approximate surface area is 182 Å². The molecule has 1 N–H and O–H groups in total. The van der Waals surface area contributed by atoms with Gasteiger partial charge in [-0.25, -0.2) is 8.78 Å². The van der Waals surface area contributed by atoms with Gasteiger partial charge in [-0.15, -0.1) is 0 Å².